The number of benzene rings is 1. The summed E-state index contributed by atoms with van der Waals surface area (Å²) in [4.78, 5) is 49.9. The molecular weight excluding hydrogens is 506 g/mol. The van der Waals surface area contributed by atoms with Gasteiger partial charge in [-0.05, 0) is 61.9 Å². The molecule has 0 aliphatic carbocycles. The molecule has 0 saturated carbocycles. The largest absolute Gasteiger partial charge is 0.364 e. The van der Waals surface area contributed by atoms with Crippen LogP contribution in [0, 0.1) is 5.92 Å². The Bertz CT molecular complexity index is 1220. The third-order valence-electron chi connectivity index (χ3n) is 6.87. The zero-order valence-corrected chi connectivity index (χ0v) is 24.4. The molecule has 1 fully saturated rings. The molecule has 10 heteroatoms. The number of nitrogens with two attached hydrogens (primary N) is 1. The van der Waals surface area contributed by atoms with E-state index in [9.17, 15) is 14.4 Å². The first kappa shape index (κ1) is 30.7. The van der Waals surface area contributed by atoms with Crippen LogP contribution in [0.4, 0.5) is 11.5 Å². The van der Waals surface area contributed by atoms with Gasteiger partial charge in [0, 0.05) is 31.9 Å². The Labute approximate surface area is 237 Å². The minimum absolute atomic E-state index is 0.00351. The monoisotopic (exact) mass is 549 g/mol. The second-order valence-electron chi connectivity index (χ2n) is 10.8. The number of carbonyl (C=O) groups excluding carboxylic acids is 3. The van der Waals surface area contributed by atoms with Crippen LogP contribution in [0.5, 0.6) is 0 Å². The first-order valence-corrected chi connectivity index (χ1v) is 14.0. The van der Waals surface area contributed by atoms with Gasteiger partial charge in [0.2, 0.25) is 11.8 Å². The van der Waals surface area contributed by atoms with Gasteiger partial charge in [-0.25, -0.2) is 9.97 Å². The molecule has 40 heavy (non-hydrogen) atoms. The van der Waals surface area contributed by atoms with Gasteiger partial charge in [0.25, 0.3) is 5.91 Å². The molecule has 0 radical (unpaired) electrons. The highest BCUT2D eigenvalue weighted by Gasteiger charge is 2.19. The van der Waals surface area contributed by atoms with Crippen molar-refractivity contribution in [3.05, 3.63) is 59.1 Å². The zero-order chi connectivity index (χ0) is 29.2. The van der Waals surface area contributed by atoms with Crippen molar-refractivity contribution in [2.45, 2.75) is 52.9 Å². The predicted octanol–water partition coefficient (Wildman–Crippen LogP) is 3.02. The number of hydrogen-bond acceptors (Lipinski definition) is 7. The van der Waals surface area contributed by atoms with Gasteiger partial charge in [-0.15, -0.1) is 0 Å². The van der Waals surface area contributed by atoms with E-state index < -0.39 is 5.91 Å². The summed E-state index contributed by atoms with van der Waals surface area (Å²) in [6.45, 7) is 11.5. The van der Waals surface area contributed by atoms with Crippen molar-refractivity contribution in [3.8, 4) is 0 Å². The highest BCUT2D eigenvalue weighted by Crippen LogP contribution is 2.24. The summed E-state index contributed by atoms with van der Waals surface area (Å²) in [5, 5.41) is 6.15. The topological polar surface area (TPSA) is 134 Å². The molecule has 0 spiro atoms. The number of rotatable bonds is 14. The van der Waals surface area contributed by atoms with Crippen LogP contribution >= 0.6 is 0 Å². The van der Waals surface area contributed by atoms with Crippen LogP contribution in [0.2, 0.25) is 0 Å². The molecule has 0 unspecified atom stereocenters. The van der Waals surface area contributed by atoms with Crippen molar-refractivity contribution < 1.29 is 14.4 Å². The predicted molar refractivity (Wildman–Crippen MR) is 157 cm³/mol. The van der Waals surface area contributed by atoms with E-state index in [0.717, 1.165) is 48.7 Å². The number of likely N-dealkylation sites (tertiary alicyclic amines) is 1. The molecule has 216 valence electrons. The van der Waals surface area contributed by atoms with Crippen LogP contribution in [-0.2, 0) is 22.4 Å². The lowest BCUT2D eigenvalue weighted by molar-refractivity contribution is -0.131. The Morgan fingerprint density at radius 2 is 1.90 bits per heavy atom. The molecular formula is C30H43N7O3. The van der Waals surface area contributed by atoms with E-state index in [1.807, 2.05) is 44.2 Å². The van der Waals surface area contributed by atoms with Crippen molar-refractivity contribution in [1.29, 1.82) is 0 Å². The summed E-state index contributed by atoms with van der Waals surface area (Å²) in [6, 6.07) is 7.72. The normalized spacial score (nSPS) is 14.2. The van der Waals surface area contributed by atoms with E-state index in [2.05, 4.69) is 34.4 Å². The average molecular weight is 550 g/mol. The third kappa shape index (κ3) is 8.87. The molecule has 3 amide bonds. The Hall–Kier alpha value is -3.79. The molecule has 10 nitrogen and oxygen atoms in total. The lowest BCUT2D eigenvalue weighted by Crippen LogP contribution is -2.39. The number of amides is 3. The lowest BCUT2D eigenvalue weighted by atomic mass is 10.0. The second-order valence-corrected chi connectivity index (χ2v) is 10.8. The number of hydrogen-bond donors (Lipinski definition) is 3. The Morgan fingerprint density at radius 1 is 1.15 bits per heavy atom. The molecule has 1 aliphatic heterocycles. The Kier molecular flexibility index (Phi) is 11.2. The highest BCUT2D eigenvalue weighted by atomic mass is 16.2. The number of aromatic nitrogens is 2. The SMILES string of the molecule is CCc1nc(C(N)=O)c(Nc2cccc([C@@H](C)CNC(=O)CN(C)C(=O)/C=C/CN3CCC3)c2)nc1CC(C)C. The third-order valence-corrected chi connectivity index (χ3v) is 6.87. The number of aryl methyl sites for hydroxylation is 1. The maximum Gasteiger partial charge on any atom is 0.271 e. The van der Waals surface area contributed by atoms with Gasteiger partial charge >= 0.3 is 0 Å². The van der Waals surface area contributed by atoms with Gasteiger partial charge in [0.05, 0.1) is 17.9 Å². The summed E-state index contributed by atoms with van der Waals surface area (Å²) in [5.41, 5.74) is 9.11. The molecule has 2 heterocycles. The highest BCUT2D eigenvalue weighted by molar-refractivity contribution is 5.96. The smallest absolute Gasteiger partial charge is 0.271 e. The van der Waals surface area contributed by atoms with Crippen molar-refractivity contribution in [1.82, 2.24) is 25.1 Å². The van der Waals surface area contributed by atoms with Crippen molar-refractivity contribution in [2.75, 3.05) is 45.1 Å². The molecule has 1 aliphatic rings. The van der Waals surface area contributed by atoms with E-state index in [4.69, 9.17) is 10.7 Å². The van der Waals surface area contributed by atoms with E-state index in [1.54, 1.807) is 7.05 Å². The van der Waals surface area contributed by atoms with Gasteiger partial charge in [-0.2, -0.15) is 0 Å². The van der Waals surface area contributed by atoms with E-state index >= 15 is 0 Å². The zero-order valence-electron chi connectivity index (χ0n) is 24.4. The van der Waals surface area contributed by atoms with Crippen LogP contribution in [0.25, 0.3) is 0 Å². The number of nitrogens with one attached hydrogen (secondary N) is 2. The Morgan fingerprint density at radius 3 is 2.52 bits per heavy atom. The number of anilines is 2. The van der Waals surface area contributed by atoms with Crippen molar-refractivity contribution >= 4 is 29.2 Å². The van der Waals surface area contributed by atoms with Gasteiger partial charge in [0.15, 0.2) is 11.5 Å². The average Bonchev–Trinajstić information content (AvgIpc) is 2.88. The summed E-state index contributed by atoms with van der Waals surface area (Å²) in [5.74, 6) is -0.319. The van der Waals surface area contributed by atoms with Gasteiger partial charge < -0.3 is 21.3 Å². The summed E-state index contributed by atoms with van der Waals surface area (Å²) >= 11 is 0. The number of primary amides is 1. The first-order valence-electron chi connectivity index (χ1n) is 14.0. The number of likely N-dealkylation sites (N-methyl/N-ethyl adjacent to an activating group) is 1. The van der Waals surface area contributed by atoms with Crippen LogP contribution in [0.3, 0.4) is 0 Å². The minimum atomic E-state index is -0.636. The summed E-state index contributed by atoms with van der Waals surface area (Å²) in [6.07, 6.45) is 5.99. The lowest BCUT2D eigenvalue weighted by Gasteiger charge is -2.29. The van der Waals surface area contributed by atoms with Crippen molar-refractivity contribution in [3.63, 3.8) is 0 Å². The first-order chi connectivity index (χ1) is 19.1. The molecule has 1 saturated heterocycles. The standard InChI is InChI=1S/C30H43N7O3/c1-6-24-25(16-20(2)3)35-30(28(34-24)29(31)40)33-23-11-7-10-22(17-23)21(4)18-32-26(38)19-36(5)27(39)12-8-13-37-14-9-15-37/h7-8,10-12,17,20-21H,6,9,13-16,18-19H2,1-5H3,(H2,31,40)(H,32,38)(H,33,35)/b12-8+/t21-/m0/s1. The van der Waals surface area contributed by atoms with Gasteiger partial charge in [-0.3, -0.25) is 19.3 Å². The fraction of sp³-hybridized carbons (Fsp3) is 0.500. The minimum Gasteiger partial charge on any atom is -0.364 e. The molecule has 1 atom stereocenters. The number of nitrogens with zero attached hydrogens (tertiary/aromatic N) is 4. The maximum absolute atomic E-state index is 12.5. The van der Waals surface area contributed by atoms with Crippen LogP contribution in [-0.4, -0.2) is 77.3 Å². The van der Waals surface area contributed by atoms with Crippen LogP contribution < -0.4 is 16.4 Å². The molecule has 3 rings (SSSR count). The van der Waals surface area contributed by atoms with Crippen LogP contribution in [0.1, 0.15) is 67.5 Å². The maximum atomic E-state index is 12.5. The van der Waals surface area contributed by atoms with Gasteiger partial charge in [-0.1, -0.05) is 45.9 Å². The number of carbonyl (C=O) groups is 3. The Balaban J connectivity index is 1.60. The second kappa shape index (κ2) is 14.6. The van der Waals surface area contributed by atoms with E-state index in [-0.39, 0.29) is 30.0 Å². The summed E-state index contributed by atoms with van der Waals surface area (Å²) in [7, 11) is 1.62. The van der Waals surface area contributed by atoms with E-state index in [1.165, 1.54) is 17.4 Å². The van der Waals surface area contributed by atoms with Gasteiger partial charge in [0.1, 0.15) is 0 Å². The molecule has 2 aromatic rings. The molecule has 0 bridgehead atoms. The molecule has 4 N–H and O–H groups in total. The summed E-state index contributed by atoms with van der Waals surface area (Å²) < 4.78 is 0. The quantitative estimate of drug-likeness (QED) is 0.309. The van der Waals surface area contributed by atoms with Crippen molar-refractivity contribution in [2.24, 2.45) is 11.7 Å². The fourth-order valence-corrected chi connectivity index (χ4v) is 4.38. The van der Waals surface area contributed by atoms with Crippen LogP contribution in [0.15, 0.2) is 36.4 Å². The fourth-order valence-electron chi connectivity index (χ4n) is 4.38. The van der Waals surface area contributed by atoms with E-state index in [0.29, 0.717) is 24.7 Å². The molecule has 1 aromatic heterocycles. The molecule has 1 aromatic carbocycles.